The standard InChI is InChI=1S/C25H30N6O6S/c1-30(2)21-7-3-19(4-8-21)28-29-20-5-9-22(10-6-20)38(35,36)27-15-14-26-23(32)13-17-37-18-16-31-24(33)11-12-25(31)34/h3-12,27H,13-18H2,1-2H3,(H,26,32)/b29-28+. The maximum atomic E-state index is 12.5. The lowest BCUT2D eigenvalue weighted by atomic mass is 10.3. The Bertz CT molecular complexity index is 1270. The molecule has 13 heteroatoms. The van der Waals surface area contributed by atoms with E-state index in [9.17, 15) is 22.8 Å². The van der Waals surface area contributed by atoms with Crippen LogP contribution in [0.1, 0.15) is 6.42 Å². The van der Waals surface area contributed by atoms with Crippen LogP contribution in [0.5, 0.6) is 0 Å². The fourth-order valence-corrected chi connectivity index (χ4v) is 4.29. The average molecular weight is 543 g/mol. The Morgan fingerprint density at radius 3 is 2.05 bits per heavy atom. The molecule has 2 aromatic carbocycles. The third-order valence-corrected chi connectivity index (χ3v) is 6.84. The fraction of sp³-hybridized carbons (Fsp3) is 0.320. The van der Waals surface area contributed by atoms with Crippen molar-refractivity contribution in [2.24, 2.45) is 10.2 Å². The second-order valence-electron chi connectivity index (χ2n) is 8.38. The number of amides is 3. The first-order valence-electron chi connectivity index (χ1n) is 11.8. The van der Waals surface area contributed by atoms with E-state index in [4.69, 9.17) is 4.74 Å². The van der Waals surface area contributed by atoms with Crippen molar-refractivity contribution in [2.75, 3.05) is 51.8 Å². The molecule has 12 nitrogen and oxygen atoms in total. The molecule has 0 spiro atoms. The Kier molecular flexibility index (Phi) is 10.2. The fourth-order valence-electron chi connectivity index (χ4n) is 3.26. The highest BCUT2D eigenvalue weighted by Gasteiger charge is 2.22. The van der Waals surface area contributed by atoms with Gasteiger partial charge in [0.05, 0.1) is 36.0 Å². The molecule has 0 saturated heterocycles. The van der Waals surface area contributed by atoms with Crippen LogP contribution in [-0.4, -0.2) is 78.0 Å². The molecule has 1 aliphatic heterocycles. The molecule has 2 aromatic rings. The number of sulfonamides is 1. The normalized spacial score (nSPS) is 13.5. The van der Waals surface area contributed by atoms with Crippen LogP contribution < -0.4 is 14.9 Å². The average Bonchev–Trinajstić information content (AvgIpc) is 3.22. The molecule has 2 N–H and O–H groups in total. The molecule has 1 heterocycles. The zero-order valence-corrected chi connectivity index (χ0v) is 22.0. The summed E-state index contributed by atoms with van der Waals surface area (Å²) < 4.78 is 32.7. The van der Waals surface area contributed by atoms with Gasteiger partial charge in [-0.05, 0) is 48.5 Å². The van der Waals surface area contributed by atoms with Gasteiger partial charge in [0.1, 0.15) is 0 Å². The second kappa shape index (κ2) is 13.6. The summed E-state index contributed by atoms with van der Waals surface area (Å²) in [5.74, 6) is -1.09. The van der Waals surface area contributed by atoms with Gasteiger partial charge in [0.2, 0.25) is 15.9 Å². The van der Waals surface area contributed by atoms with Gasteiger partial charge in [-0.2, -0.15) is 10.2 Å². The predicted octanol–water partition coefficient (Wildman–Crippen LogP) is 1.89. The van der Waals surface area contributed by atoms with Crippen molar-refractivity contribution in [2.45, 2.75) is 11.3 Å². The summed E-state index contributed by atoms with van der Waals surface area (Å²) in [6.07, 6.45) is 2.44. The molecule has 0 unspecified atom stereocenters. The molecule has 38 heavy (non-hydrogen) atoms. The van der Waals surface area contributed by atoms with Crippen molar-refractivity contribution >= 4 is 44.8 Å². The third kappa shape index (κ3) is 8.57. The molecular weight excluding hydrogens is 512 g/mol. The number of carbonyl (C=O) groups is 3. The summed E-state index contributed by atoms with van der Waals surface area (Å²) >= 11 is 0. The predicted molar refractivity (Wildman–Crippen MR) is 141 cm³/mol. The number of anilines is 1. The van der Waals surface area contributed by atoms with E-state index < -0.39 is 10.0 Å². The largest absolute Gasteiger partial charge is 0.379 e. The first-order chi connectivity index (χ1) is 18.2. The van der Waals surface area contributed by atoms with Crippen LogP contribution in [0.2, 0.25) is 0 Å². The number of rotatable bonds is 14. The molecule has 0 aliphatic carbocycles. The molecular formula is C25H30N6O6S. The Morgan fingerprint density at radius 2 is 1.47 bits per heavy atom. The third-order valence-electron chi connectivity index (χ3n) is 5.37. The number of ether oxygens (including phenoxy) is 1. The number of nitrogens with one attached hydrogen (secondary N) is 2. The van der Waals surface area contributed by atoms with E-state index in [0.717, 1.165) is 10.6 Å². The van der Waals surface area contributed by atoms with Crippen molar-refractivity contribution in [3.8, 4) is 0 Å². The minimum absolute atomic E-state index is 0.00547. The molecule has 0 fully saturated rings. The van der Waals surface area contributed by atoms with Crippen LogP contribution in [0.25, 0.3) is 0 Å². The van der Waals surface area contributed by atoms with Gasteiger partial charge in [-0.15, -0.1) is 0 Å². The summed E-state index contributed by atoms with van der Waals surface area (Å²) in [7, 11) is 0.129. The summed E-state index contributed by atoms with van der Waals surface area (Å²) in [5.41, 5.74) is 2.22. The molecule has 0 radical (unpaired) electrons. The van der Waals surface area contributed by atoms with Gasteiger partial charge >= 0.3 is 0 Å². The van der Waals surface area contributed by atoms with E-state index in [1.807, 2.05) is 43.3 Å². The molecule has 1 aliphatic rings. The van der Waals surface area contributed by atoms with Gasteiger partial charge in [-0.3, -0.25) is 19.3 Å². The van der Waals surface area contributed by atoms with Crippen molar-refractivity contribution in [3.05, 3.63) is 60.7 Å². The van der Waals surface area contributed by atoms with Gasteiger partial charge in [0.15, 0.2) is 0 Å². The molecule has 0 aromatic heterocycles. The Morgan fingerprint density at radius 1 is 0.895 bits per heavy atom. The minimum Gasteiger partial charge on any atom is -0.379 e. The van der Waals surface area contributed by atoms with Crippen LogP contribution in [0.4, 0.5) is 17.1 Å². The highest BCUT2D eigenvalue weighted by atomic mass is 32.2. The first kappa shape index (κ1) is 28.6. The second-order valence-corrected chi connectivity index (χ2v) is 10.1. The maximum absolute atomic E-state index is 12.5. The number of imide groups is 1. The molecule has 0 saturated carbocycles. The topological polar surface area (TPSA) is 150 Å². The monoisotopic (exact) mass is 542 g/mol. The van der Waals surface area contributed by atoms with Crippen molar-refractivity contribution < 1.29 is 27.5 Å². The Hall–Kier alpha value is -3.94. The van der Waals surface area contributed by atoms with E-state index >= 15 is 0 Å². The SMILES string of the molecule is CN(C)c1ccc(/N=N/c2ccc(S(=O)(=O)NCCNC(=O)CCOCCN3C(=O)C=CC3=O)cc2)cc1. The van der Waals surface area contributed by atoms with Crippen molar-refractivity contribution in [3.63, 3.8) is 0 Å². The number of benzene rings is 2. The zero-order valence-electron chi connectivity index (χ0n) is 21.2. The highest BCUT2D eigenvalue weighted by Crippen LogP contribution is 2.22. The summed E-state index contributed by atoms with van der Waals surface area (Å²) in [6, 6.07) is 13.5. The van der Waals surface area contributed by atoms with E-state index in [2.05, 4.69) is 20.3 Å². The van der Waals surface area contributed by atoms with E-state index in [-0.39, 0.29) is 61.9 Å². The van der Waals surface area contributed by atoms with Crippen LogP contribution in [-0.2, 0) is 29.1 Å². The number of hydrogen-bond acceptors (Lipinski definition) is 9. The van der Waals surface area contributed by atoms with Crippen LogP contribution in [0.15, 0.2) is 75.8 Å². The molecule has 3 amide bonds. The van der Waals surface area contributed by atoms with E-state index in [1.54, 1.807) is 12.1 Å². The molecule has 202 valence electrons. The first-order valence-corrected chi connectivity index (χ1v) is 13.3. The smallest absolute Gasteiger partial charge is 0.253 e. The van der Waals surface area contributed by atoms with Crippen LogP contribution in [0, 0.1) is 0 Å². The quantitative estimate of drug-likeness (QED) is 0.210. The summed E-state index contributed by atoms with van der Waals surface area (Å²) in [6.45, 7) is 0.441. The van der Waals surface area contributed by atoms with Gasteiger partial charge in [0.25, 0.3) is 11.8 Å². The van der Waals surface area contributed by atoms with E-state index in [0.29, 0.717) is 11.4 Å². The van der Waals surface area contributed by atoms with Crippen LogP contribution >= 0.6 is 0 Å². The Balaban J connectivity index is 1.33. The van der Waals surface area contributed by atoms with E-state index in [1.165, 1.54) is 24.3 Å². The zero-order chi connectivity index (χ0) is 27.5. The van der Waals surface area contributed by atoms with Crippen molar-refractivity contribution in [1.29, 1.82) is 0 Å². The van der Waals surface area contributed by atoms with Gasteiger partial charge in [0, 0.05) is 51.4 Å². The Labute approximate surface area is 221 Å². The van der Waals surface area contributed by atoms with Crippen LogP contribution in [0.3, 0.4) is 0 Å². The number of carbonyl (C=O) groups excluding carboxylic acids is 3. The lowest BCUT2D eigenvalue weighted by Crippen LogP contribution is -2.35. The number of hydrogen-bond donors (Lipinski definition) is 2. The number of nitrogens with zero attached hydrogens (tertiary/aromatic N) is 4. The highest BCUT2D eigenvalue weighted by molar-refractivity contribution is 7.89. The lowest BCUT2D eigenvalue weighted by Gasteiger charge is -2.13. The number of azo groups is 1. The van der Waals surface area contributed by atoms with Gasteiger partial charge in [-0.1, -0.05) is 0 Å². The summed E-state index contributed by atoms with van der Waals surface area (Å²) in [5, 5.41) is 10.9. The molecule has 0 atom stereocenters. The minimum atomic E-state index is -3.76. The van der Waals surface area contributed by atoms with Crippen molar-refractivity contribution in [1.82, 2.24) is 14.9 Å². The summed E-state index contributed by atoms with van der Waals surface area (Å²) in [4.78, 5) is 37.8. The molecule has 3 rings (SSSR count). The van der Waals surface area contributed by atoms with Gasteiger partial charge < -0.3 is 15.0 Å². The molecule has 0 bridgehead atoms. The maximum Gasteiger partial charge on any atom is 0.253 e. The van der Waals surface area contributed by atoms with Gasteiger partial charge in [-0.25, -0.2) is 13.1 Å². The lowest BCUT2D eigenvalue weighted by molar-refractivity contribution is -0.138.